The highest BCUT2D eigenvalue weighted by atomic mass is 16.3. The fraction of sp³-hybridized carbons (Fsp3) is 0.500. The number of nitrogens with zero attached hydrogens (tertiary/aromatic N) is 2. The first-order chi connectivity index (χ1) is 35.2. The number of carbonyl (C=O) groups is 11. The van der Waals surface area contributed by atoms with Gasteiger partial charge in [0.15, 0.2) is 5.96 Å². The topological polar surface area (TPSA) is 438 Å². The summed E-state index contributed by atoms with van der Waals surface area (Å²) in [4.78, 5) is 153. The fourth-order valence-electron chi connectivity index (χ4n) is 8.37. The first-order valence-corrected chi connectivity index (χ1v) is 24.3. The van der Waals surface area contributed by atoms with Crippen molar-refractivity contribution in [1.82, 2.24) is 42.1 Å². The van der Waals surface area contributed by atoms with E-state index < -0.39 is 133 Å². The number of primary amides is 3. The molecule has 18 N–H and O–H groups in total. The van der Waals surface area contributed by atoms with Gasteiger partial charge in [-0.15, -0.1) is 0 Å². The molecule has 402 valence electrons. The summed E-state index contributed by atoms with van der Waals surface area (Å²) < 4.78 is 0. The molecule has 2 heterocycles. The van der Waals surface area contributed by atoms with E-state index in [1.165, 1.54) is 17.0 Å². The Labute approximate surface area is 426 Å². The van der Waals surface area contributed by atoms with E-state index >= 15 is 0 Å². The zero-order chi connectivity index (χ0) is 54.3. The number of aliphatic imine (C=N–C) groups is 1. The number of rotatable bonds is 19. The third kappa shape index (κ3) is 19.7. The van der Waals surface area contributed by atoms with E-state index in [0.29, 0.717) is 24.0 Å². The number of phenols is 1. The number of aromatic hydroxyl groups is 1. The van der Waals surface area contributed by atoms with Crippen LogP contribution in [0, 0.1) is 0 Å². The van der Waals surface area contributed by atoms with Crippen LogP contribution in [-0.4, -0.2) is 143 Å². The van der Waals surface area contributed by atoms with Crippen LogP contribution in [0.2, 0.25) is 0 Å². The number of amides is 11. The van der Waals surface area contributed by atoms with Gasteiger partial charge in [-0.05, 0) is 68.2 Å². The van der Waals surface area contributed by atoms with Crippen molar-refractivity contribution in [3.63, 3.8) is 0 Å². The third-order valence-corrected chi connectivity index (χ3v) is 12.2. The second-order valence-corrected chi connectivity index (χ2v) is 18.1. The van der Waals surface area contributed by atoms with Gasteiger partial charge in [-0.2, -0.15) is 0 Å². The van der Waals surface area contributed by atoms with Gasteiger partial charge < -0.3 is 75.9 Å². The Morgan fingerprint density at radius 1 is 0.676 bits per heavy atom. The Morgan fingerprint density at radius 3 is 1.92 bits per heavy atom. The van der Waals surface area contributed by atoms with Crippen LogP contribution >= 0.6 is 0 Å². The van der Waals surface area contributed by atoms with Crippen molar-refractivity contribution in [1.29, 1.82) is 0 Å². The van der Waals surface area contributed by atoms with Crippen LogP contribution in [0.15, 0.2) is 59.6 Å². The van der Waals surface area contributed by atoms with Crippen molar-refractivity contribution in [3.05, 3.63) is 65.7 Å². The van der Waals surface area contributed by atoms with E-state index in [4.69, 9.17) is 28.7 Å². The lowest BCUT2D eigenvalue weighted by Gasteiger charge is -2.31. The summed E-state index contributed by atoms with van der Waals surface area (Å²) >= 11 is 0. The number of hydrogen-bond acceptors (Lipinski definition) is 13. The van der Waals surface area contributed by atoms with Crippen molar-refractivity contribution in [2.24, 2.45) is 33.7 Å². The SMILES string of the molecule is NC(=O)CCC1NC(=O)[C@H](Cc2ccccc2)NC(=O)C(Cc2ccc(O)cc2)NC(=O)CCCCC[C@@H](C(=O)N2CCC[C@H]2C(=O)N[C@@H](CCCN=C(N)N)C(=O)NCC(N)=O)NC(=O)C(CC(N)=O)NC1=O. The maximum Gasteiger partial charge on any atom is 0.245 e. The number of hydrogen-bond donors (Lipinski definition) is 13. The number of phenolic OH excluding ortho intramolecular Hbond substituents is 1. The first-order valence-electron chi connectivity index (χ1n) is 24.3. The lowest BCUT2D eigenvalue weighted by atomic mass is 10.0. The minimum Gasteiger partial charge on any atom is -0.508 e. The van der Waals surface area contributed by atoms with E-state index in [1.54, 1.807) is 42.5 Å². The Balaban J connectivity index is 1.68. The molecular weight excluding hydrogens is 965 g/mol. The molecule has 2 saturated heterocycles. The number of benzene rings is 2. The number of nitrogens with two attached hydrogens (primary N) is 5. The molecule has 2 fully saturated rings. The molecule has 11 amide bonds. The monoisotopic (exact) mass is 1030 g/mol. The van der Waals surface area contributed by atoms with Crippen LogP contribution in [-0.2, 0) is 65.6 Å². The van der Waals surface area contributed by atoms with E-state index in [0.717, 1.165) is 0 Å². The average molecular weight is 1030 g/mol. The van der Waals surface area contributed by atoms with Crippen molar-refractivity contribution in [2.45, 2.75) is 132 Å². The molecule has 3 unspecified atom stereocenters. The molecule has 2 aromatic rings. The Morgan fingerprint density at radius 2 is 1.28 bits per heavy atom. The summed E-state index contributed by atoms with van der Waals surface area (Å²) in [5.41, 5.74) is 28.2. The number of likely N-dealkylation sites (tertiary alicyclic amines) is 1. The standard InChI is InChI=1S/C48H68N14O12/c49-37(64)20-19-31-42(69)61-35(25-38(50)65)45(72)59-32(47(74)62-22-8-13-36(62)46(73)58-30(12-7-21-54-48(52)53)41(68)55-26-39(51)66)11-5-2-6-14-40(67)56-33(24-28-15-17-29(63)18-16-28)43(70)60-34(44(71)57-31)23-27-9-3-1-4-10-27/h1,3-4,9-10,15-18,30-36,63H,2,5-8,11-14,19-26H2,(H2,49,64)(H2,50,65)(H2,51,66)(H,55,68)(H,56,67)(H,57,71)(H,58,73)(H,59,72)(H,60,70)(H,61,69)(H4,52,53,54)/t30-,31?,32-,33?,34-,35?,36-/m0/s1. The van der Waals surface area contributed by atoms with Crippen LogP contribution in [0.1, 0.15) is 88.2 Å². The van der Waals surface area contributed by atoms with Crippen LogP contribution in [0.5, 0.6) is 5.75 Å². The van der Waals surface area contributed by atoms with Crippen LogP contribution in [0.25, 0.3) is 0 Å². The van der Waals surface area contributed by atoms with Crippen LogP contribution < -0.4 is 65.9 Å². The molecule has 2 aliphatic rings. The molecule has 26 heteroatoms. The van der Waals surface area contributed by atoms with Gasteiger partial charge in [-0.25, -0.2) is 0 Å². The molecule has 2 aromatic carbocycles. The Hall–Kier alpha value is -8.32. The molecule has 0 bridgehead atoms. The van der Waals surface area contributed by atoms with Crippen molar-refractivity contribution in [2.75, 3.05) is 19.6 Å². The predicted molar refractivity (Wildman–Crippen MR) is 266 cm³/mol. The van der Waals surface area contributed by atoms with E-state index in [9.17, 15) is 57.8 Å². The summed E-state index contributed by atoms with van der Waals surface area (Å²) in [5.74, 6) is -9.50. The molecule has 26 nitrogen and oxygen atoms in total. The van der Waals surface area contributed by atoms with Crippen molar-refractivity contribution >= 4 is 70.9 Å². The molecule has 0 aromatic heterocycles. The van der Waals surface area contributed by atoms with Crippen molar-refractivity contribution < 1.29 is 57.8 Å². The molecule has 4 rings (SSSR count). The minimum absolute atomic E-state index is 0.0189. The summed E-state index contributed by atoms with van der Waals surface area (Å²) in [6.07, 6.45) is -0.541. The van der Waals surface area contributed by atoms with Gasteiger partial charge in [0.05, 0.1) is 13.0 Å². The molecule has 7 atom stereocenters. The van der Waals surface area contributed by atoms with Gasteiger partial charge in [-0.3, -0.25) is 57.7 Å². The lowest BCUT2D eigenvalue weighted by Crippen LogP contribution is -2.60. The van der Waals surface area contributed by atoms with E-state index in [1.807, 2.05) is 0 Å². The van der Waals surface area contributed by atoms with E-state index in [2.05, 4.69) is 42.2 Å². The summed E-state index contributed by atoms with van der Waals surface area (Å²) in [6.45, 7) is -0.377. The molecule has 0 radical (unpaired) electrons. The van der Waals surface area contributed by atoms with Gasteiger partial charge in [0.2, 0.25) is 65.0 Å². The molecule has 74 heavy (non-hydrogen) atoms. The highest BCUT2D eigenvalue weighted by Crippen LogP contribution is 2.22. The minimum atomic E-state index is -1.76. The molecule has 2 aliphatic heterocycles. The second kappa shape index (κ2) is 29.3. The summed E-state index contributed by atoms with van der Waals surface area (Å²) in [6, 6.07) is 4.69. The lowest BCUT2D eigenvalue weighted by molar-refractivity contribution is -0.143. The maximum absolute atomic E-state index is 14.6. The zero-order valence-corrected chi connectivity index (χ0v) is 41.0. The Bertz CT molecular complexity index is 2370. The molecular formula is C48H68N14O12. The third-order valence-electron chi connectivity index (χ3n) is 12.2. The highest BCUT2D eigenvalue weighted by molar-refractivity contribution is 5.99. The van der Waals surface area contributed by atoms with Crippen LogP contribution in [0.3, 0.4) is 0 Å². The maximum atomic E-state index is 14.6. The van der Waals surface area contributed by atoms with Crippen molar-refractivity contribution in [3.8, 4) is 5.75 Å². The quantitative estimate of drug-likeness (QED) is 0.0361. The van der Waals surface area contributed by atoms with Gasteiger partial charge in [-0.1, -0.05) is 55.3 Å². The molecule has 0 spiro atoms. The summed E-state index contributed by atoms with van der Waals surface area (Å²) in [5, 5.41) is 27.9. The zero-order valence-electron chi connectivity index (χ0n) is 41.0. The van der Waals surface area contributed by atoms with E-state index in [-0.39, 0.29) is 82.6 Å². The van der Waals surface area contributed by atoms with Gasteiger partial charge in [0.25, 0.3) is 0 Å². The van der Waals surface area contributed by atoms with Gasteiger partial charge >= 0.3 is 0 Å². The largest absolute Gasteiger partial charge is 0.508 e. The second-order valence-electron chi connectivity index (χ2n) is 18.1. The van der Waals surface area contributed by atoms with Crippen LogP contribution in [0.4, 0.5) is 0 Å². The Kier molecular flexibility index (Phi) is 23.0. The normalized spacial score (nSPS) is 21.7. The number of carbonyl (C=O) groups excluding carboxylic acids is 11. The molecule has 0 aliphatic carbocycles. The first kappa shape index (κ1) is 58.3. The fourth-order valence-corrected chi connectivity index (χ4v) is 8.37. The smallest absolute Gasteiger partial charge is 0.245 e. The number of guanidine groups is 1. The molecule has 0 saturated carbocycles. The number of nitrogens with one attached hydrogen (secondary N) is 7. The summed E-state index contributed by atoms with van der Waals surface area (Å²) in [7, 11) is 0. The van der Waals surface area contributed by atoms with Gasteiger partial charge in [0.1, 0.15) is 48.0 Å². The predicted octanol–water partition coefficient (Wildman–Crippen LogP) is -4.16. The average Bonchev–Trinajstić information content (AvgIpc) is 3.85. The van der Waals surface area contributed by atoms with Gasteiger partial charge in [0, 0.05) is 38.8 Å². The highest BCUT2D eigenvalue weighted by Gasteiger charge is 2.40.